The molecule has 0 fully saturated rings. The van der Waals surface area contributed by atoms with E-state index in [9.17, 15) is 28.1 Å². The summed E-state index contributed by atoms with van der Waals surface area (Å²) in [5.41, 5.74) is 5.23. The lowest BCUT2D eigenvalue weighted by Crippen LogP contribution is -2.44. The van der Waals surface area contributed by atoms with Gasteiger partial charge in [-0.1, -0.05) is 23.4 Å². The minimum atomic E-state index is -4.71. The molecule has 0 aromatic heterocycles. The third-order valence-electron chi connectivity index (χ3n) is 3.09. The molecule has 24 heavy (non-hydrogen) atoms. The van der Waals surface area contributed by atoms with E-state index in [1.807, 2.05) is 0 Å². The van der Waals surface area contributed by atoms with Gasteiger partial charge >= 0.3 is 6.18 Å². The molecule has 2 rings (SSSR count). The van der Waals surface area contributed by atoms with Gasteiger partial charge in [0.05, 0.1) is 4.92 Å². The van der Waals surface area contributed by atoms with Crippen LogP contribution in [0.5, 0.6) is 0 Å². The Kier molecular flexibility index (Phi) is 5.23. The number of amidine groups is 1. The number of aliphatic imine (C=N–C) groups is 1. The summed E-state index contributed by atoms with van der Waals surface area (Å²) in [4.78, 5) is 25.3. The van der Waals surface area contributed by atoms with Crippen LogP contribution in [-0.2, 0) is 11.3 Å². The minimum absolute atomic E-state index is 0.142. The summed E-state index contributed by atoms with van der Waals surface area (Å²) in [6.45, 7) is -0.263. The molecule has 1 aromatic carbocycles. The average Bonchev–Trinajstić information content (AvgIpc) is 2.88. The monoisotopic (exact) mass is 382 g/mol. The van der Waals surface area contributed by atoms with Crippen molar-refractivity contribution in [2.75, 3.05) is 0 Å². The number of nitro groups is 1. The van der Waals surface area contributed by atoms with Crippen LogP contribution >= 0.6 is 23.4 Å². The molecule has 1 aliphatic heterocycles. The second-order valence-corrected chi connectivity index (χ2v) is 6.31. The van der Waals surface area contributed by atoms with Crippen molar-refractivity contribution in [1.82, 2.24) is 5.32 Å². The SMILES string of the molecule is NC1=NC(C(F)(F)F)C(C(=O)NCc2cc([N+](=O)[O-])ccc2Cl)S1. The van der Waals surface area contributed by atoms with Gasteiger partial charge in [-0.15, -0.1) is 0 Å². The Labute approximate surface area is 142 Å². The quantitative estimate of drug-likeness (QED) is 0.612. The molecule has 1 amide bonds. The fourth-order valence-corrected chi connectivity index (χ4v) is 3.12. The molecule has 2 unspecified atom stereocenters. The van der Waals surface area contributed by atoms with E-state index < -0.39 is 28.3 Å². The lowest BCUT2D eigenvalue weighted by molar-refractivity contribution is -0.384. The summed E-state index contributed by atoms with van der Waals surface area (Å²) < 4.78 is 38.6. The van der Waals surface area contributed by atoms with Crippen LogP contribution < -0.4 is 11.1 Å². The molecule has 12 heteroatoms. The number of nitro benzene ring substituents is 1. The van der Waals surface area contributed by atoms with Gasteiger partial charge in [0.1, 0.15) is 5.25 Å². The summed E-state index contributed by atoms with van der Waals surface area (Å²) in [5, 5.41) is 11.3. The summed E-state index contributed by atoms with van der Waals surface area (Å²) in [5.74, 6) is -0.936. The van der Waals surface area contributed by atoms with Gasteiger partial charge in [-0.2, -0.15) is 13.2 Å². The Balaban J connectivity index is 2.09. The van der Waals surface area contributed by atoms with Gasteiger partial charge < -0.3 is 11.1 Å². The number of carbonyl (C=O) groups is 1. The van der Waals surface area contributed by atoms with Crippen molar-refractivity contribution in [2.45, 2.75) is 24.0 Å². The molecule has 0 saturated heterocycles. The number of non-ortho nitro benzene ring substituents is 1. The molecule has 0 aliphatic carbocycles. The van der Waals surface area contributed by atoms with Crippen LogP contribution in [0, 0.1) is 10.1 Å². The van der Waals surface area contributed by atoms with Gasteiger partial charge in [-0.05, 0) is 11.6 Å². The number of thioether (sulfide) groups is 1. The van der Waals surface area contributed by atoms with Crippen LogP contribution in [-0.4, -0.2) is 33.5 Å². The van der Waals surface area contributed by atoms with E-state index in [4.69, 9.17) is 17.3 Å². The predicted molar refractivity (Wildman–Crippen MR) is 82.8 cm³/mol. The molecule has 0 saturated carbocycles. The number of nitrogens with zero attached hydrogens (tertiary/aromatic N) is 2. The van der Waals surface area contributed by atoms with Gasteiger partial charge in [0.15, 0.2) is 11.2 Å². The highest BCUT2D eigenvalue weighted by atomic mass is 35.5. The summed E-state index contributed by atoms with van der Waals surface area (Å²) in [6, 6.07) is 1.35. The zero-order valence-electron chi connectivity index (χ0n) is 11.7. The highest BCUT2D eigenvalue weighted by Gasteiger charge is 2.51. The highest BCUT2D eigenvalue weighted by molar-refractivity contribution is 8.15. The topological polar surface area (TPSA) is 111 Å². The molecule has 1 aromatic rings. The normalized spacial score (nSPS) is 20.6. The Morgan fingerprint density at radius 1 is 1.50 bits per heavy atom. The third kappa shape index (κ3) is 4.09. The first kappa shape index (κ1) is 18.3. The molecule has 0 spiro atoms. The third-order valence-corrected chi connectivity index (χ3v) is 4.53. The Morgan fingerprint density at radius 3 is 2.75 bits per heavy atom. The largest absolute Gasteiger partial charge is 0.412 e. The molecule has 7 nitrogen and oxygen atoms in total. The molecule has 1 aliphatic rings. The number of benzene rings is 1. The number of hydrogen-bond acceptors (Lipinski definition) is 6. The first-order valence-electron chi connectivity index (χ1n) is 6.36. The second kappa shape index (κ2) is 6.85. The fourth-order valence-electron chi connectivity index (χ4n) is 1.96. The van der Waals surface area contributed by atoms with E-state index in [1.165, 1.54) is 12.1 Å². The molecule has 2 atom stereocenters. The summed E-state index contributed by atoms with van der Waals surface area (Å²) >= 11 is 6.38. The maximum atomic E-state index is 12.9. The van der Waals surface area contributed by atoms with Crippen LogP contribution in [0.25, 0.3) is 0 Å². The average molecular weight is 383 g/mol. The molecule has 1 heterocycles. The van der Waals surface area contributed by atoms with Crippen molar-refractivity contribution in [3.8, 4) is 0 Å². The smallest absolute Gasteiger partial charge is 0.379 e. The van der Waals surface area contributed by atoms with E-state index in [0.29, 0.717) is 11.8 Å². The van der Waals surface area contributed by atoms with E-state index in [0.717, 1.165) is 6.07 Å². The zero-order valence-corrected chi connectivity index (χ0v) is 13.3. The lowest BCUT2D eigenvalue weighted by atomic mass is 10.1. The minimum Gasteiger partial charge on any atom is -0.379 e. The maximum Gasteiger partial charge on any atom is 0.412 e. The van der Waals surface area contributed by atoms with E-state index >= 15 is 0 Å². The second-order valence-electron chi connectivity index (χ2n) is 4.74. The fraction of sp³-hybridized carbons (Fsp3) is 0.333. The van der Waals surface area contributed by atoms with E-state index in [2.05, 4.69) is 10.3 Å². The lowest BCUT2D eigenvalue weighted by Gasteiger charge is -2.19. The molecular weight excluding hydrogens is 373 g/mol. The Bertz CT molecular complexity index is 713. The maximum absolute atomic E-state index is 12.9. The van der Waals surface area contributed by atoms with Crippen LogP contribution in [0.2, 0.25) is 5.02 Å². The molecule has 0 bridgehead atoms. The number of amides is 1. The van der Waals surface area contributed by atoms with Gasteiger partial charge in [0.2, 0.25) is 5.91 Å². The Hall–Kier alpha value is -2.01. The van der Waals surface area contributed by atoms with Gasteiger partial charge in [0.25, 0.3) is 5.69 Å². The number of nitrogens with two attached hydrogens (primary N) is 1. The molecule has 0 radical (unpaired) electrons. The molecule has 3 N–H and O–H groups in total. The highest BCUT2D eigenvalue weighted by Crippen LogP contribution is 2.36. The first-order chi connectivity index (χ1) is 11.1. The van der Waals surface area contributed by atoms with Crippen molar-refractivity contribution in [3.05, 3.63) is 38.9 Å². The number of alkyl halides is 3. The van der Waals surface area contributed by atoms with Crippen molar-refractivity contribution >= 4 is 40.1 Å². The van der Waals surface area contributed by atoms with E-state index in [-0.39, 0.29) is 28.0 Å². The van der Waals surface area contributed by atoms with Crippen molar-refractivity contribution in [2.24, 2.45) is 10.7 Å². The van der Waals surface area contributed by atoms with E-state index in [1.54, 1.807) is 0 Å². The van der Waals surface area contributed by atoms with Crippen molar-refractivity contribution in [1.29, 1.82) is 0 Å². The van der Waals surface area contributed by atoms with Crippen LogP contribution in [0.1, 0.15) is 5.56 Å². The summed E-state index contributed by atoms with van der Waals surface area (Å²) in [7, 11) is 0. The first-order valence-corrected chi connectivity index (χ1v) is 7.62. The van der Waals surface area contributed by atoms with Gasteiger partial charge in [0, 0.05) is 23.7 Å². The van der Waals surface area contributed by atoms with Gasteiger partial charge in [-0.25, -0.2) is 4.99 Å². The number of hydrogen-bond donors (Lipinski definition) is 2. The number of carbonyl (C=O) groups excluding carboxylic acids is 1. The Morgan fingerprint density at radius 2 is 2.17 bits per heavy atom. The van der Waals surface area contributed by atoms with Crippen LogP contribution in [0.3, 0.4) is 0 Å². The molecule has 130 valence electrons. The number of rotatable bonds is 4. The standard InChI is InChI=1S/C12H10ClF3N4O3S/c13-7-2-1-6(20(22)23)3-5(7)4-18-10(21)8-9(12(14,15)16)19-11(17)24-8/h1-3,8-9H,4H2,(H2,17,19)(H,18,21). The molecular formula is C12H10ClF3N4O3S. The zero-order chi connectivity index (χ0) is 18.1. The number of halogens is 4. The van der Waals surface area contributed by atoms with Crippen molar-refractivity contribution < 1.29 is 22.9 Å². The van der Waals surface area contributed by atoms with Gasteiger partial charge in [-0.3, -0.25) is 14.9 Å². The van der Waals surface area contributed by atoms with Crippen LogP contribution in [0.15, 0.2) is 23.2 Å². The predicted octanol–water partition coefficient (Wildman–Crippen LogP) is 2.23. The summed E-state index contributed by atoms with van der Waals surface area (Å²) in [6.07, 6.45) is -4.71. The van der Waals surface area contributed by atoms with Crippen LogP contribution in [0.4, 0.5) is 18.9 Å². The van der Waals surface area contributed by atoms with Crippen molar-refractivity contribution in [3.63, 3.8) is 0 Å². The number of nitrogens with one attached hydrogen (secondary N) is 1.